The molecular formula is C20H21FN4O2. The van der Waals surface area contributed by atoms with Gasteiger partial charge in [0.05, 0.1) is 18.8 Å². The summed E-state index contributed by atoms with van der Waals surface area (Å²) in [7, 11) is 0. The van der Waals surface area contributed by atoms with E-state index in [2.05, 4.69) is 15.2 Å². The summed E-state index contributed by atoms with van der Waals surface area (Å²) in [6.07, 6.45) is 5.87. The van der Waals surface area contributed by atoms with Gasteiger partial charge in [-0.15, -0.1) is 0 Å². The van der Waals surface area contributed by atoms with Crippen molar-refractivity contribution in [2.24, 2.45) is 0 Å². The van der Waals surface area contributed by atoms with Crippen molar-refractivity contribution in [3.63, 3.8) is 0 Å². The molecule has 140 valence electrons. The predicted octanol–water partition coefficient (Wildman–Crippen LogP) is 4.39. The summed E-state index contributed by atoms with van der Waals surface area (Å²) in [4.78, 5) is 4.60. The molecular weight excluding hydrogens is 347 g/mol. The van der Waals surface area contributed by atoms with E-state index in [-0.39, 0.29) is 11.9 Å². The molecule has 0 spiro atoms. The molecule has 1 aliphatic carbocycles. The summed E-state index contributed by atoms with van der Waals surface area (Å²) in [6.45, 7) is 1.02. The summed E-state index contributed by atoms with van der Waals surface area (Å²) in [5.41, 5.74) is 2.60. The van der Waals surface area contributed by atoms with Crippen molar-refractivity contribution in [1.82, 2.24) is 19.9 Å². The highest BCUT2D eigenvalue weighted by atomic mass is 19.1. The molecule has 0 amide bonds. The van der Waals surface area contributed by atoms with Crippen molar-refractivity contribution in [2.75, 3.05) is 0 Å². The van der Waals surface area contributed by atoms with Gasteiger partial charge in [0.15, 0.2) is 11.5 Å². The van der Waals surface area contributed by atoms with Crippen LogP contribution in [-0.4, -0.2) is 19.9 Å². The summed E-state index contributed by atoms with van der Waals surface area (Å²) < 4.78 is 26.5. The highest BCUT2D eigenvalue weighted by molar-refractivity contribution is 5.47. The van der Waals surface area contributed by atoms with Crippen LogP contribution in [0.15, 0.2) is 34.9 Å². The maximum atomic E-state index is 13.1. The van der Waals surface area contributed by atoms with Crippen molar-refractivity contribution in [3.8, 4) is 11.6 Å². The highest BCUT2D eigenvalue weighted by Crippen LogP contribution is 2.33. The number of fused-ring (bicyclic) bond motifs is 1. The Balaban J connectivity index is 1.35. The lowest BCUT2D eigenvalue weighted by atomic mass is 9.89. The minimum Gasteiger partial charge on any atom is -0.365 e. The number of hydrogen-bond donors (Lipinski definition) is 0. The third-order valence-electron chi connectivity index (χ3n) is 5.51. The first-order valence-electron chi connectivity index (χ1n) is 9.54. The zero-order valence-electron chi connectivity index (χ0n) is 15.0. The normalized spacial score (nSPS) is 20.6. The average Bonchev–Trinajstić information content (AvgIpc) is 3.36. The second-order valence-electron chi connectivity index (χ2n) is 7.35. The van der Waals surface area contributed by atoms with Crippen LogP contribution < -0.4 is 0 Å². The van der Waals surface area contributed by atoms with Crippen LogP contribution >= 0.6 is 0 Å². The Morgan fingerprint density at radius 1 is 1.07 bits per heavy atom. The van der Waals surface area contributed by atoms with Gasteiger partial charge in [0.1, 0.15) is 11.9 Å². The Labute approximate surface area is 156 Å². The third-order valence-corrected chi connectivity index (χ3v) is 5.51. The van der Waals surface area contributed by atoms with E-state index in [1.165, 1.54) is 31.4 Å². The Morgan fingerprint density at radius 2 is 1.89 bits per heavy atom. The number of benzene rings is 1. The molecule has 7 heteroatoms. The predicted molar refractivity (Wildman–Crippen MR) is 95.3 cm³/mol. The molecule has 0 bridgehead atoms. The average molecular weight is 368 g/mol. The van der Waals surface area contributed by atoms with Gasteiger partial charge in [-0.1, -0.05) is 36.6 Å². The van der Waals surface area contributed by atoms with Gasteiger partial charge in [-0.25, -0.2) is 4.39 Å². The Bertz CT molecular complexity index is 928. The van der Waals surface area contributed by atoms with Gasteiger partial charge in [0.2, 0.25) is 0 Å². The van der Waals surface area contributed by atoms with Crippen LogP contribution in [0.5, 0.6) is 0 Å². The van der Waals surface area contributed by atoms with Crippen LogP contribution in [0.2, 0.25) is 0 Å². The molecule has 3 heterocycles. The van der Waals surface area contributed by atoms with Crippen LogP contribution in [0, 0.1) is 5.82 Å². The number of ether oxygens (including phenoxy) is 1. The largest absolute Gasteiger partial charge is 0.365 e. The molecule has 1 atom stereocenters. The van der Waals surface area contributed by atoms with Crippen molar-refractivity contribution in [1.29, 1.82) is 0 Å². The second kappa shape index (κ2) is 6.88. The fraction of sp³-hybridized carbons (Fsp3) is 0.450. The van der Waals surface area contributed by atoms with Crippen LogP contribution in [0.25, 0.3) is 11.6 Å². The molecule has 1 aliphatic heterocycles. The summed E-state index contributed by atoms with van der Waals surface area (Å²) in [6, 6.07) is 8.36. The molecule has 3 aromatic rings. The number of rotatable bonds is 3. The van der Waals surface area contributed by atoms with Crippen LogP contribution in [0.4, 0.5) is 4.39 Å². The Kier molecular flexibility index (Phi) is 4.24. The minimum atomic E-state index is -0.248. The lowest BCUT2D eigenvalue weighted by molar-refractivity contribution is -0.00116. The van der Waals surface area contributed by atoms with E-state index < -0.39 is 0 Å². The highest BCUT2D eigenvalue weighted by Gasteiger charge is 2.26. The lowest BCUT2D eigenvalue weighted by Gasteiger charge is -2.24. The molecule has 1 saturated carbocycles. The monoisotopic (exact) mass is 368 g/mol. The zero-order valence-corrected chi connectivity index (χ0v) is 15.0. The number of halogens is 1. The van der Waals surface area contributed by atoms with Gasteiger partial charge in [-0.2, -0.15) is 10.1 Å². The fourth-order valence-electron chi connectivity index (χ4n) is 3.97. The molecule has 2 aromatic heterocycles. The minimum absolute atomic E-state index is 0.147. The smallest absolute Gasteiger partial charge is 0.278 e. The summed E-state index contributed by atoms with van der Waals surface area (Å²) >= 11 is 0. The molecule has 0 radical (unpaired) electrons. The summed E-state index contributed by atoms with van der Waals surface area (Å²) in [5, 5.41) is 8.83. The molecule has 0 N–H and O–H groups in total. The zero-order chi connectivity index (χ0) is 18.2. The van der Waals surface area contributed by atoms with E-state index in [9.17, 15) is 4.39 Å². The van der Waals surface area contributed by atoms with Crippen LogP contribution in [-0.2, 0) is 17.9 Å². The van der Waals surface area contributed by atoms with Gasteiger partial charge in [0, 0.05) is 5.92 Å². The van der Waals surface area contributed by atoms with Gasteiger partial charge in [-0.05, 0) is 36.6 Å². The third kappa shape index (κ3) is 3.27. The second-order valence-corrected chi connectivity index (χ2v) is 7.35. The SMILES string of the molecule is Fc1ccc(C2Cn3nc(-c4nc(C5CCCCC5)no4)cc3CO2)cc1. The van der Waals surface area contributed by atoms with Gasteiger partial charge < -0.3 is 9.26 Å². The fourth-order valence-corrected chi connectivity index (χ4v) is 3.97. The van der Waals surface area contributed by atoms with E-state index in [4.69, 9.17) is 9.26 Å². The molecule has 5 rings (SSSR count). The molecule has 1 unspecified atom stereocenters. The van der Waals surface area contributed by atoms with Crippen molar-refractivity contribution in [2.45, 2.75) is 57.3 Å². The number of aromatic nitrogens is 4. The maximum absolute atomic E-state index is 13.1. The number of nitrogens with zero attached hydrogens (tertiary/aromatic N) is 4. The first-order valence-corrected chi connectivity index (χ1v) is 9.54. The van der Waals surface area contributed by atoms with E-state index in [1.54, 1.807) is 12.1 Å². The lowest BCUT2D eigenvalue weighted by Crippen LogP contribution is -2.21. The summed E-state index contributed by atoms with van der Waals surface area (Å²) in [5.74, 6) is 1.42. The molecule has 6 nitrogen and oxygen atoms in total. The van der Waals surface area contributed by atoms with Crippen molar-refractivity contribution < 1.29 is 13.7 Å². The first kappa shape index (κ1) is 16.6. The molecule has 1 fully saturated rings. The molecule has 27 heavy (non-hydrogen) atoms. The number of hydrogen-bond acceptors (Lipinski definition) is 5. The van der Waals surface area contributed by atoms with E-state index >= 15 is 0 Å². The van der Waals surface area contributed by atoms with Crippen molar-refractivity contribution >= 4 is 0 Å². The maximum Gasteiger partial charge on any atom is 0.278 e. The van der Waals surface area contributed by atoms with E-state index in [0.717, 1.165) is 29.9 Å². The standard InChI is InChI=1S/C20H21FN4O2/c21-15-8-6-13(7-9-15)18-11-25-16(12-26-18)10-17(23-25)20-22-19(24-27-20)14-4-2-1-3-5-14/h6-10,14,18H,1-5,11-12H2. The van der Waals surface area contributed by atoms with E-state index in [1.807, 2.05) is 10.7 Å². The van der Waals surface area contributed by atoms with Gasteiger partial charge in [-0.3, -0.25) is 4.68 Å². The Morgan fingerprint density at radius 3 is 2.70 bits per heavy atom. The van der Waals surface area contributed by atoms with Gasteiger partial charge >= 0.3 is 0 Å². The van der Waals surface area contributed by atoms with Crippen LogP contribution in [0.3, 0.4) is 0 Å². The van der Waals surface area contributed by atoms with Crippen molar-refractivity contribution in [3.05, 3.63) is 53.2 Å². The van der Waals surface area contributed by atoms with Crippen LogP contribution in [0.1, 0.15) is 61.2 Å². The first-order chi connectivity index (χ1) is 13.3. The Hall–Kier alpha value is -2.54. The molecule has 2 aliphatic rings. The topological polar surface area (TPSA) is 66.0 Å². The molecule has 1 aromatic carbocycles. The molecule has 0 saturated heterocycles. The van der Waals surface area contributed by atoms with Gasteiger partial charge in [0.25, 0.3) is 5.89 Å². The van der Waals surface area contributed by atoms with E-state index in [0.29, 0.717) is 30.7 Å². The quantitative estimate of drug-likeness (QED) is 0.686.